The molecule has 10 heteroatoms. The van der Waals surface area contributed by atoms with Crippen molar-refractivity contribution in [3.8, 4) is 11.3 Å². The second-order valence-electron chi connectivity index (χ2n) is 8.79. The van der Waals surface area contributed by atoms with Crippen molar-refractivity contribution in [1.29, 1.82) is 0 Å². The van der Waals surface area contributed by atoms with Crippen LogP contribution in [-0.4, -0.2) is 63.4 Å². The second-order valence-corrected chi connectivity index (χ2v) is 8.79. The van der Waals surface area contributed by atoms with Crippen LogP contribution in [0.4, 0.5) is 19.4 Å². The largest absolute Gasteiger partial charge is 0.441 e. The van der Waals surface area contributed by atoms with Crippen molar-refractivity contribution in [2.75, 3.05) is 18.7 Å². The zero-order valence-corrected chi connectivity index (χ0v) is 18.3. The minimum atomic E-state index is -0.768. The molecule has 2 aliphatic rings. The van der Waals surface area contributed by atoms with E-state index in [-0.39, 0.29) is 24.2 Å². The number of hydrogen-bond acceptors (Lipinski definition) is 6. The highest BCUT2D eigenvalue weighted by molar-refractivity contribution is 5.92. The third-order valence-corrected chi connectivity index (χ3v) is 6.52. The van der Waals surface area contributed by atoms with E-state index in [1.54, 1.807) is 31.6 Å². The summed E-state index contributed by atoms with van der Waals surface area (Å²) in [5, 5.41) is 6.80. The fourth-order valence-electron chi connectivity index (χ4n) is 5.01. The molecular formula is C23H26F2N6O2. The molecule has 2 N–H and O–H groups in total. The Morgan fingerprint density at radius 3 is 2.55 bits per heavy atom. The molecule has 174 valence electrons. The third-order valence-electron chi connectivity index (χ3n) is 6.52. The normalized spacial score (nSPS) is 22.3. The molecule has 2 amide bonds. The van der Waals surface area contributed by atoms with E-state index in [0.717, 1.165) is 23.8 Å². The lowest BCUT2D eigenvalue weighted by atomic mass is 9.97. The Bertz CT molecular complexity index is 1140. The minimum Gasteiger partial charge on any atom is -0.441 e. The Labute approximate surface area is 189 Å². The smallest absolute Gasteiger partial charge is 0.323 e. The Morgan fingerprint density at radius 2 is 1.88 bits per heavy atom. The van der Waals surface area contributed by atoms with Crippen LogP contribution in [0.1, 0.15) is 31.6 Å². The standard InChI is InChI=1S/C23H26F2N6O2/c1-13-26-12-21(33-13)15-4-14-5-22(28-11-20(14)27-10-15)30-23(32)31-18-2-3-19(31)7-16(6-18)29-17(8-24)9-25/h4-5,10-12,16-19,29H,2-3,6-9H2,1H3,(H,28,30,32)/t16?,18-,19+. The number of rotatable bonds is 6. The van der Waals surface area contributed by atoms with Gasteiger partial charge in [-0.1, -0.05) is 0 Å². The first-order chi connectivity index (χ1) is 16.0. The average Bonchev–Trinajstić information content (AvgIpc) is 3.37. The maximum absolute atomic E-state index is 13.1. The molecule has 0 aromatic carbocycles. The van der Waals surface area contributed by atoms with Gasteiger partial charge in [0.15, 0.2) is 11.7 Å². The molecule has 0 saturated carbocycles. The van der Waals surface area contributed by atoms with E-state index in [2.05, 4.69) is 25.6 Å². The van der Waals surface area contributed by atoms with Gasteiger partial charge in [-0.3, -0.25) is 10.3 Å². The SMILES string of the molecule is Cc1ncc(-c2cnc3cnc(NC(=O)N4[C@@H]5CC[C@H]4CC(NC(CF)CF)C5)cc3c2)o1. The molecule has 2 aliphatic heterocycles. The van der Waals surface area contributed by atoms with E-state index in [1.165, 1.54) is 0 Å². The van der Waals surface area contributed by atoms with Gasteiger partial charge < -0.3 is 14.6 Å². The van der Waals surface area contributed by atoms with E-state index in [9.17, 15) is 13.6 Å². The molecular weight excluding hydrogens is 430 g/mol. The number of aryl methyl sites for hydroxylation is 1. The summed E-state index contributed by atoms with van der Waals surface area (Å²) >= 11 is 0. The Morgan fingerprint density at radius 1 is 1.12 bits per heavy atom. The number of piperidine rings is 1. The summed E-state index contributed by atoms with van der Waals surface area (Å²) in [5.41, 5.74) is 1.49. The van der Waals surface area contributed by atoms with Gasteiger partial charge >= 0.3 is 6.03 Å². The van der Waals surface area contributed by atoms with Gasteiger partial charge in [0.1, 0.15) is 19.2 Å². The topological polar surface area (TPSA) is 96.2 Å². The number of carbonyl (C=O) groups excluding carboxylic acids is 1. The molecule has 5 heterocycles. The van der Waals surface area contributed by atoms with Crippen molar-refractivity contribution in [1.82, 2.24) is 25.2 Å². The van der Waals surface area contributed by atoms with E-state index in [0.29, 0.717) is 35.8 Å². The van der Waals surface area contributed by atoms with Gasteiger partial charge in [-0.25, -0.2) is 23.5 Å². The number of carbonyl (C=O) groups is 1. The van der Waals surface area contributed by atoms with Gasteiger partial charge in [0.05, 0.1) is 24.0 Å². The summed E-state index contributed by atoms with van der Waals surface area (Å²) in [4.78, 5) is 27.9. The van der Waals surface area contributed by atoms with Crippen molar-refractivity contribution in [3.05, 3.63) is 36.6 Å². The maximum atomic E-state index is 13.1. The van der Waals surface area contributed by atoms with Crippen molar-refractivity contribution < 1.29 is 18.0 Å². The zero-order valence-electron chi connectivity index (χ0n) is 18.3. The summed E-state index contributed by atoms with van der Waals surface area (Å²) in [6, 6.07) is 2.86. The van der Waals surface area contributed by atoms with Crippen molar-refractivity contribution in [2.45, 2.75) is 56.8 Å². The number of aromatic nitrogens is 3. The molecule has 3 aromatic heterocycles. The van der Waals surface area contributed by atoms with Crippen LogP contribution in [0, 0.1) is 6.92 Å². The quantitative estimate of drug-likeness (QED) is 0.582. The third kappa shape index (κ3) is 4.39. The number of pyridine rings is 2. The molecule has 0 radical (unpaired) electrons. The molecule has 2 fully saturated rings. The first kappa shape index (κ1) is 21.7. The first-order valence-corrected chi connectivity index (χ1v) is 11.2. The average molecular weight is 456 g/mol. The van der Waals surface area contributed by atoms with Crippen molar-refractivity contribution >= 4 is 22.8 Å². The summed E-state index contributed by atoms with van der Waals surface area (Å²) in [7, 11) is 0. The Balaban J connectivity index is 1.29. The summed E-state index contributed by atoms with van der Waals surface area (Å²) in [5.74, 6) is 1.64. The van der Waals surface area contributed by atoms with Crippen molar-refractivity contribution in [2.24, 2.45) is 0 Å². The van der Waals surface area contributed by atoms with Gasteiger partial charge in [0.2, 0.25) is 0 Å². The van der Waals surface area contributed by atoms with E-state index < -0.39 is 19.4 Å². The lowest BCUT2D eigenvalue weighted by molar-refractivity contribution is 0.133. The van der Waals surface area contributed by atoms with Crippen LogP contribution in [0.15, 0.2) is 35.1 Å². The lowest BCUT2D eigenvalue weighted by Crippen LogP contribution is -2.54. The molecule has 0 aliphatic carbocycles. The second kappa shape index (κ2) is 9.01. The van der Waals surface area contributed by atoms with Crippen LogP contribution >= 0.6 is 0 Å². The fraction of sp³-hybridized carbons (Fsp3) is 0.478. The summed E-state index contributed by atoms with van der Waals surface area (Å²) in [6.07, 6.45) is 8.14. The molecule has 3 atom stereocenters. The van der Waals surface area contributed by atoms with E-state index >= 15 is 0 Å². The van der Waals surface area contributed by atoms with Gasteiger partial charge in [0, 0.05) is 42.2 Å². The molecule has 3 aromatic rings. The number of nitrogens with zero attached hydrogens (tertiary/aromatic N) is 4. The number of halogens is 2. The van der Waals surface area contributed by atoms with Crippen LogP contribution in [-0.2, 0) is 0 Å². The number of anilines is 1. The van der Waals surface area contributed by atoms with Gasteiger partial charge in [-0.05, 0) is 37.8 Å². The predicted molar refractivity (Wildman–Crippen MR) is 119 cm³/mol. The highest BCUT2D eigenvalue weighted by Crippen LogP contribution is 2.36. The fourth-order valence-corrected chi connectivity index (χ4v) is 5.01. The first-order valence-electron chi connectivity index (χ1n) is 11.2. The van der Waals surface area contributed by atoms with Crippen LogP contribution in [0.5, 0.6) is 0 Å². The predicted octanol–water partition coefficient (Wildman–Crippen LogP) is 4.02. The highest BCUT2D eigenvalue weighted by Gasteiger charge is 2.43. The van der Waals surface area contributed by atoms with Gasteiger partial charge in [0.25, 0.3) is 0 Å². The summed E-state index contributed by atoms with van der Waals surface area (Å²) < 4.78 is 31.4. The number of nitrogens with one attached hydrogen (secondary N) is 2. The van der Waals surface area contributed by atoms with E-state index in [4.69, 9.17) is 4.42 Å². The van der Waals surface area contributed by atoms with Crippen LogP contribution in [0.3, 0.4) is 0 Å². The number of amides is 2. The van der Waals surface area contributed by atoms with Crippen LogP contribution in [0.25, 0.3) is 22.2 Å². The number of urea groups is 1. The Hall–Kier alpha value is -3.14. The van der Waals surface area contributed by atoms with Crippen LogP contribution < -0.4 is 10.6 Å². The molecule has 2 saturated heterocycles. The molecule has 1 unspecified atom stereocenters. The number of hydrogen-bond donors (Lipinski definition) is 2. The van der Waals surface area contributed by atoms with E-state index in [1.807, 2.05) is 11.0 Å². The lowest BCUT2D eigenvalue weighted by Gasteiger charge is -2.39. The maximum Gasteiger partial charge on any atom is 0.323 e. The number of fused-ring (bicyclic) bond motifs is 3. The molecule has 8 nitrogen and oxygen atoms in total. The van der Waals surface area contributed by atoms with Crippen LogP contribution in [0.2, 0.25) is 0 Å². The molecule has 33 heavy (non-hydrogen) atoms. The van der Waals surface area contributed by atoms with Crippen molar-refractivity contribution in [3.63, 3.8) is 0 Å². The zero-order chi connectivity index (χ0) is 22.9. The number of alkyl halides is 2. The Kier molecular flexibility index (Phi) is 5.92. The molecule has 5 rings (SSSR count). The monoisotopic (exact) mass is 456 g/mol. The molecule has 2 bridgehead atoms. The molecule has 0 spiro atoms. The van der Waals surface area contributed by atoms with Gasteiger partial charge in [-0.2, -0.15) is 0 Å². The number of oxazole rings is 1. The minimum absolute atomic E-state index is 0.0195. The highest BCUT2D eigenvalue weighted by atomic mass is 19.1. The van der Waals surface area contributed by atoms with Gasteiger partial charge in [-0.15, -0.1) is 0 Å². The summed E-state index contributed by atoms with van der Waals surface area (Å²) in [6.45, 7) is 0.321.